The molecule has 2 nitrogen and oxygen atoms in total. The van der Waals surface area contributed by atoms with Gasteiger partial charge in [0.15, 0.2) is 0 Å². The number of nitrogens with zero attached hydrogens (tertiary/aromatic N) is 2. The van der Waals surface area contributed by atoms with Gasteiger partial charge in [-0.05, 0) is 104 Å². The topological polar surface area (TPSA) is 9.86 Å². The Labute approximate surface area is 324 Å². The second-order valence-electron chi connectivity index (χ2n) is 14.9. The smallest absolute Gasteiger partial charge is 0.0562 e. The van der Waals surface area contributed by atoms with E-state index in [0.29, 0.717) is 0 Å². The van der Waals surface area contributed by atoms with E-state index in [9.17, 15) is 0 Å². The lowest BCUT2D eigenvalue weighted by atomic mass is 9.81. The van der Waals surface area contributed by atoms with Crippen LogP contribution in [-0.4, -0.2) is 9.13 Å². The second-order valence-corrected chi connectivity index (χ2v) is 14.9. The Hall–Kier alpha value is -7.42. The molecule has 0 saturated heterocycles. The Morgan fingerprint density at radius 3 is 1.14 bits per heavy atom. The van der Waals surface area contributed by atoms with Crippen molar-refractivity contribution in [3.05, 3.63) is 206 Å². The first-order valence-electron chi connectivity index (χ1n) is 19.4. The Bertz CT molecular complexity index is 3340. The molecule has 0 radical (unpaired) electrons. The maximum Gasteiger partial charge on any atom is 0.0562 e. The molecule has 12 rings (SSSR count). The van der Waals surface area contributed by atoms with E-state index in [1.54, 1.807) is 0 Å². The number of aromatic nitrogens is 2. The predicted octanol–water partition coefficient (Wildman–Crippen LogP) is 14.5. The van der Waals surface area contributed by atoms with Gasteiger partial charge in [0, 0.05) is 32.9 Å². The van der Waals surface area contributed by atoms with Gasteiger partial charge in [0.25, 0.3) is 0 Å². The molecule has 1 aliphatic carbocycles. The lowest BCUT2D eigenvalue weighted by Crippen LogP contribution is -2.00. The van der Waals surface area contributed by atoms with Crippen LogP contribution in [0.3, 0.4) is 0 Å². The number of para-hydroxylation sites is 2. The summed E-state index contributed by atoms with van der Waals surface area (Å²) in [6.07, 6.45) is 0. The quantitative estimate of drug-likeness (QED) is 0.173. The van der Waals surface area contributed by atoms with Crippen LogP contribution >= 0.6 is 0 Å². The Morgan fingerprint density at radius 2 is 0.607 bits per heavy atom. The molecule has 0 unspecified atom stereocenters. The van der Waals surface area contributed by atoms with Crippen molar-refractivity contribution in [2.45, 2.75) is 0 Å². The number of hydrogen-bond acceptors (Lipinski definition) is 0. The summed E-state index contributed by atoms with van der Waals surface area (Å²) < 4.78 is 4.91. The van der Waals surface area contributed by atoms with Gasteiger partial charge in [-0.2, -0.15) is 0 Å². The molecule has 0 atom stereocenters. The molecule has 0 amide bonds. The van der Waals surface area contributed by atoms with Crippen LogP contribution in [0.1, 0.15) is 0 Å². The minimum Gasteiger partial charge on any atom is -0.309 e. The van der Waals surface area contributed by atoms with Crippen LogP contribution in [0.2, 0.25) is 0 Å². The molecule has 0 aliphatic heterocycles. The predicted molar refractivity (Wildman–Crippen MR) is 236 cm³/mol. The average molecular weight is 711 g/mol. The van der Waals surface area contributed by atoms with Gasteiger partial charge >= 0.3 is 0 Å². The van der Waals surface area contributed by atoms with Gasteiger partial charge in [-0.1, -0.05) is 158 Å². The van der Waals surface area contributed by atoms with E-state index in [1.807, 2.05) is 0 Å². The Morgan fingerprint density at radius 1 is 0.214 bits per heavy atom. The highest BCUT2D eigenvalue weighted by Crippen LogP contribution is 2.49. The summed E-state index contributed by atoms with van der Waals surface area (Å²) in [5, 5.41) is 5.01. The lowest BCUT2D eigenvalue weighted by Gasteiger charge is -2.24. The van der Waals surface area contributed by atoms with Gasteiger partial charge in [-0.25, -0.2) is 0 Å². The molecular formula is C54H34N2. The summed E-state index contributed by atoms with van der Waals surface area (Å²) in [4.78, 5) is 0. The van der Waals surface area contributed by atoms with Crippen molar-refractivity contribution in [2.75, 3.05) is 0 Å². The molecule has 0 saturated carbocycles. The van der Waals surface area contributed by atoms with Crippen LogP contribution in [0.15, 0.2) is 206 Å². The van der Waals surface area contributed by atoms with Crippen molar-refractivity contribution in [1.82, 2.24) is 9.13 Å². The van der Waals surface area contributed by atoms with Crippen molar-refractivity contribution in [1.29, 1.82) is 0 Å². The van der Waals surface area contributed by atoms with Crippen LogP contribution in [0.25, 0.3) is 111 Å². The van der Waals surface area contributed by atoms with Crippen molar-refractivity contribution >= 4 is 43.6 Å². The lowest BCUT2D eigenvalue weighted by molar-refractivity contribution is 1.16. The molecule has 9 aromatic carbocycles. The van der Waals surface area contributed by atoms with E-state index in [4.69, 9.17) is 0 Å². The molecule has 11 aromatic rings. The molecule has 0 bridgehead atoms. The van der Waals surface area contributed by atoms with Crippen LogP contribution < -0.4 is 0 Å². The van der Waals surface area contributed by atoms with E-state index in [1.165, 1.54) is 99.2 Å². The zero-order valence-corrected chi connectivity index (χ0v) is 30.5. The van der Waals surface area contributed by atoms with E-state index >= 15 is 0 Å². The first-order valence-corrected chi connectivity index (χ1v) is 19.4. The average Bonchev–Trinajstić information content (AvgIpc) is 3.77. The molecule has 0 N–H and O–H groups in total. The minimum atomic E-state index is 1.14. The first kappa shape index (κ1) is 31.0. The summed E-state index contributed by atoms with van der Waals surface area (Å²) in [6.45, 7) is 0. The Kier molecular flexibility index (Phi) is 6.66. The molecule has 1 aliphatic rings. The zero-order valence-electron chi connectivity index (χ0n) is 30.5. The van der Waals surface area contributed by atoms with Crippen molar-refractivity contribution in [3.8, 4) is 67.0 Å². The summed E-state index contributed by atoms with van der Waals surface area (Å²) >= 11 is 0. The van der Waals surface area contributed by atoms with Crippen LogP contribution in [0, 0.1) is 0 Å². The summed E-state index contributed by atoms with van der Waals surface area (Å²) in [5.74, 6) is 0. The molecular weight excluding hydrogens is 677 g/mol. The standard InChI is InChI=1S/C54H34N2/c1-2-14-35(15-3-1)36-26-28-37(29-27-36)55-51-24-12-10-22-46(51)49-33-50-47-23-11-13-25-52(47)56(54(50)34-53(49)55)38-30-31-45-43-20-7-6-18-41(43)39-16-4-5-17-40(39)42-19-8-9-21-44(42)48(45)32-38/h1-34H. The van der Waals surface area contributed by atoms with Crippen molar-refractivity contribution < 1.29 is 0 Å². The molecule has 0 spiro atoms. The fourth-order valence-electron chi connectivity index (χ4n) is 9.41. The molecule has 260 valence electrons. The third-order valence-electron chi connectivity index (χ3n) is 11.9. The molecule has 0 fully saturated rings. The van der Waals surface area contributed by atoms with E-state index in [2.05, 4.69) is 215 Å². The van der Waals surface area contributed by atoms with Gasteiger partial charge in [-0.15, -0.1) is 0 Å². The molecule has 56 heavy (non-hydrogen) atoms. The van der Waals surface area contributed by atoms with Gasteiger partial charge < -0.3 is 9.13 Å². The van der Waals surface area contributed by atoms with E-state index in [-0.39, 0.29) is 0 Å². The fraction of sp³-hybridized carbons (Fsp3) is 0. The highest BCUT2D eigenvalue weighted by Gasteiger charge is 2.24. The van der Waals surface area contributed by atoms with Gasteiger partial charge in [0.1, 0.15) is 0 Å². The third-order valence-corrected chi connectivity index (χ3v) is 11.9. The maximum atomic E-state index is 2.48. The van der Waals surface area contributed by atoms with Gasteiger partial charge in [0.2, 0.25) is 0 Å². The SMILES string of the molecule is c1ccc(-c2ccc(-n3c4ccccc4c4cc5c6ccccc6n(-c6ccc7c(c6)-c6ccccc6-c6ccccc6-c6ccccc6-7)c5cc43)cc2)cc1. The second kappa shape index (κ2) is 12.0. The normalized spacial score (nSPS) is 11.9. The van der Waals surface area contributed by atoms with Gasteiger partial charge in [0.05, 0.1) is 22.1 Å². The van der Waals surface area contributed by atoms with E-state index in [0.717, 1.165) is 11.4 Å². The maximum absolute atomic E-state index is 2.48. The highest BCUT2D eigenvalue weighted by atomic mass is 15.0. The minimum absolute atomic E-state index is 1.14. The number of hydrogen-bond donors (Lipinski definition) is 0. The summed E-state index contributed by atoms with van der Waals surface area (Å²) in [5.41, 5.74) is 19.5. The van der Waals surface area contributed by atoms with Gasteiger partial charge in [-0.3, -0.25) is 0 Å². The van der Waals surface area contributed by atoms with E-state index < -0.39 is 0 Å². The third kappa shape index (κ3) is 4.50. The zero-order chi connectivity index (χ0) is 36.7. The molecule has 2 heteroatoms. The van der Waals surface area contributed by atoms with Crippen LogP contribution in [0.4, 0.5) is 0 Å². The fourth-order valence-corrected chi connectivity index (χ4v) is 9.41. The van der Waals surface area contributed by atoms with Crippen LogP contribution in [-0.2, 0) is 0 Å². The first-order chi connectivity index (χ1) is 27.8. The molecule has 2 aromatic heterocycles. The van der Waals surface area contributed by atoms with Crippen molar-refractivity contribution in [2.24, 2.45) is 0 Å². The highest BCUT2D eigenvalue weighted by molar-refractivity contribution is 6.19. The summed E-state index contributed by atoms with van der Waals surface area (Å²) in [7, 11) is 0. The molecule has 2 heterocycles. The van der Waals surface area contributed by atoms with Crippen LogP contribution in [0.5, 0.6) is 0 Å². The number of fused-ring (bicyclic) bond motifs is 14. The number of benzene rings is 9. The monoisotopic (exact) mass is 710 g/mol. The largest absolute Gasteiger partial charge is 0.309 e. The number of rotatable bonds is 3. The van der Waals surface area contributed by atoms with Crippen molar-refractivity contribution in [3.63, 3.8) is 0 Å². The summed E-state index contributed by atoms with van der Waals surface area (Å²) in [6, 6.07) is 75.9. The Balaban J connectivity index is 1.13.